The van der Waals surface area contributed by atoms with Gasteiger partial charge in [-0.25, -0.2) is 0 Å². The fraction of sp³-hybridized carbons (Fsp3) is 0. The predicted octanol–water partition coefficient (Wildman–Crippen LogP) is 2.50. The highest BCUT2D eigenvalue weighted by atomic mass is 127. The highest BCUT2D eigenvalue weighted by molar-refractivity contribution is 14.1. The molecule has 3 nitrogen and oxygen atoms in total. The molecule has 0 saturated heterocycles. The van der Waals surface area contributed by atoms with Gasteiger partial charge in [0.15, 0.2) is 6.29 Å². The Labute approximate surface area is 76.9 Å². The third kappa shape index (κ3) is 1.62. The van der Waals surface area contributed by atoms with Crippen molar-refractivity contribution in [3.05, 3.63) is 32.2 Å². The van der Waals surface area contributed by atoms with Gasteiger partial charge < -0.3 is 0 Å². The van der Waals surface area contributed by atoms with Crippen LogP contribution in [0.1, 0.15) is 10.4 Å². The summed E-state index contributed by atoms with van der Waals surface area (Å²) in [4.78, 5) is 20.5. The standard InChI is InChI=1S/C7H4INO2/c8-7-5(4-10)2-1-3-6(7)9-11/h1-4H. The maximum absolute atomic E-state index is 10.3. The van der Waals surface area contributed by atoms with Gasteiger partial charge in [-0.1, -0.05) is 12.1 Å². The van der Waals surface area contributed by atoms with E-state index in [1.165, 1.54) is 0 Å². The first-order chi connectivity index (χ1) is 5.29. The van der Waals surface area contributed by atoms with Crippen LogP contribution in [-0.4, -0.2) is 6.29 Å². The summed E-state index contributed by atoms with van der Waals surface area (Å²) in [6.07, 6.45) is 0.705. The number of hydrogen-bond donors (Lipinski definition) is 0. The molecule has 1 rings (SSSR count). The molecule has 1 aromatic rings. The van der Waals surface area contributed by atoms with Crippen LogP contribution in [0.15, 0.2) is 23.4 Å². The van der Waals surface area contributed by atoms with Crippen molar-refractivity contribution in [1.29, 1.82) is 0 Å². The van der Waals surface area contributed by atoms with Crippen molar-refractivity contribution in [1.82, 2.24) is 0 Å². The van der Waals surface area contributed by atoms with E-state index >= 15 is 0 Å². The van der Waals surface area contributed by atoms with Crippen molar-refractivity contribution < 1.29 is 4.79 Å². The molecular weight excluding hydrogens is 257 g/mol. The SMILES string of the molecule is O=Cc1cccc(N=O)c1I. The van der Waals surface area contributed by atoms with E-state index in [1.54, 1.807) is 18.2 Å². The minimum atomic E-state index is 0.315. The third-order valence-electron chi connectivity index (χ3n) is 1.23. The fourth-order valence-corrected chi connectivity index (χ4v) is 1.28. The number of carbonyl (C=O) groups is 1. The van der Waals surface area contributed by atoms with Gasteiger partial charge in [0.2, 0.25) is 0 Å². The second-order valence-electron chi connectivity index (χ2n) is 1.89. The van der Waals surface area contributed by atoms with Gasteiger partial charge in [-0.15, -0.1) is 4.91 Å². The highest BCUT2D eigenvalue weighted by Gasteiger charge is 2.03. The second kappa shape index (κ2) is 3.56. The zero-order valence-electron chi connectivity index (χ0n) is 5.45. The van der Waals surface area contributed by atoms with E-state index in [1.807, 2.05) is 22.6 Å². The monoisotopic (exact) mass is 261 g/mol. The van der Waals surface area contributed by atoms with Crippen molar-refractivity contribution in [2.45, 2.75) is 0 Å². The highest BCUT2D eigenvalue weighted by Crippen LogP contribution is 2.22. The van der Waals surface area contributed by atoms with Gasteiger partial charge in [-0.3, -0.25) is 4.79 Å². The van der Waals surface area contributed by atoms with Crippen molar-refractivity contribution in [2.75, 3.05) is 0 Å². The minimum Gasteiger partial charge on any atom is -0.298 e. The van der Waals surface area contributed by atoms with E-state index in [0.717, 1.165) is 0 Å². The molecule has 0 saturated carbocycles. The Bertz CT molecular complexity index is 272. The smallest absolute Gasteiger partial charge is 0.151 e. The first-order valence-electron chi connectivity index (χ1n) is 2.86. The normalized spacial score (nSPS) is 9.18. The van der Waals surface area contributed by atoms with E-state index in [9.17, 15) is 9.70 Å². The van der Waals surface area contributed by atoms with Crippen LogP contribution < -0.4 is 0 Å². The number of hydrogen-bond acceptors (Lipinski definition) is 3. The van der Waals surface area contributed by atoms with Gasteiger partial charge in [0.05, 0.1) is 3.57 Å². The van der Waals surface area contributed by atoms with Gasteiger partial charge in [0.1, 0.15) is 5.69 Å². The Morgan fingerprint density at radius 2 is 2.18 bits per heavy atom. The lowest BCUT2D eigenvalue weighted by molar-refractivity contribution is 0.112. The van der Waals surface area contributed by atoms with Gasteiger partial charge in [0, 0.05) is 5.56 Å². The van der Waals surface area contributed by atoms with Gasteiger partial charge in [-0.05, 0) is 33.8 Å². The van der Waals surface area contributed by atoms with Crippen molar-refractivity contribution in [2.24, 2.45) is 5.18 Å². The van der Waals surface area contributed by atoms with Gasteiger partial charge >= 0.3 is 0 Å². The zero-order chi connectivity index (χ0) is 8.27. The molecule has 0 spiro atoms. The van der Waals surface area contributed by atoms with E-state index in [2.05, 4.69) is 5.18 Å². The maximum atomic E-state index is 10.3. The van der Waals surface area contributed by atoms with Crippen molar-refractivity contribution in [3.63, 3.8) is 0 Å². The predicted molar refractivity (Wildman–Crippen MR) is 50.0 cm³/mol. The molecule has 1 aromatic carbocycles. The molecule has 0 atom stereocenters. The van der Waals surface area contributed by atoms with Crippen LogP contribution in [0, 0.1) is 8.48 Å². The molecule has 11 heavy (non-hydrogen) atoms. The third-order valence-corrected chi connectivity index (χ3v) is 2.41. The van der Waals surface area contributed by atoms with E-state index in [4.69, 9.17) is 0 Å². The Hall–Kier alpha value is -0.780. The van der Waals surface area contributed by atoms with Crippen LogP contribution >= 0.6 is 22.6 Å². The van der Waals surface area contributed by atoms with Crippen molar-refractivity contribution in [3.8, 4) is 0 Å². The summed E-state index contributed by atoms with van der Waals surface area (Å²) in [5.74, 6) is 0. The summed E-state index contributed by atoms with van der Waals surface area (Å²) in [6.45, 7) is 0. The van der Waals surface area contributed by atoms with E-state index in [-0.39, 0.29) is 0 Å². The molecular formula is C7H4INO2. The van der Waals surface area contributed by atoms with Gasteiger partial charge in [0.25, 0.3) is 0 Å². The molecule has 0 amide bonds. The van der Waals surface area contributed by atoms with E-state index < -0.39 is 0 Å². The Morgan fingerprint density at radius 3 is 2.73 bits per heavy atom. The number of carbonyl (C=O) groups excluding carboxylic acids is 1. The van der Waals surface area contributed by atoms with Crippen molar-refractivity contribution >= 4 is 34.6 Å². The Kier molecular flexibility index (Phi) is 2.70. The molecule has 0 bridgehead atoms. The maximum Gasteiger partial charge on any atom is 0.151 e. The number of benzene rings is 1. The molecule has 0 N–H and O–H groups in total. The van der Waals surface area contributed by atoms with Crippen LogP contribution in [-0.2, 0) is 0 Å². The number of halogens is 1. The molecule has 0 aliphatic rings. The number of nitroso groups, excluding NO2 is 1. The first kappa shape index (κ1) is 8.32. The number of nitrogens with zero attached hydrogens (tertiary/aromatic N) is 1. The second-order valence-corrected chi connectivity index (χ2v) is 2.97. The summed E-state index contributed by atoms with van der Waals surface area (Å²) in [7, 11) is 0. The first-order valence-corrected chi connectivity index (χ1v) is 3.94. The Balaban J connectivity index is 3.30. The zero-order valence-corrected chi connectivity index (χ0v) is 7.61. The number of rotatable bonds is 2. The topological polar surface area (TPSA) is 46.5 Å². The summed E-state index contributed by atoms with van der Waals surface area (Å²) < 4.78 is 0.607. The Morgan fingerprint density at radius 1 is 1.45 bits per heavy atom. The molecule has 4 heteroatoms. The lowest BCUT2D eigenvalue weighted by Gasteiger charge is -1.95. The molecule has 56 valence electrons. The van der Waals surface area contributed by atoms with E-state index in [0.29, 0.717) is 21.1 Å². The minimum absolute atomic E-state index is 0.315. The number of aldehydes is 1. The molecule has 0 aliphatic carbocycles. The van der Waals surface area contributed by atoms with Crippen LogP contribution in [0.25, 0.3) is 0 Å². The molecule has 0 aliphatic heterocycles. The fourth-order valence-electron chi connectivity index (χ4n) is 0.699. The molecule has 0 unspecified atom stereocenters. The van der Waals surface area contributed by atoms with Gasteiger partial charge in [-0.2, -0.15) is 0 Å². The summed E-state index contributed by atoms with van der Waals surface area (Å²) >= 11 is 1.92. The quantitative estimate of drug-likeness (QED) is 0.466. The molecule has 0 aromatic heterocycles. The summed E-state index contributed by atoms with van der Waals surface area (Å²) in [5.41, 5.74) is 0.818. The molecule has 0 heterocycles. The van der Waals surface area contributed by atoms with Crippen LogP contribution in [0.4, 0.5) is 5.69 Å². The van der Waals surface area contributed by atoms with Crippen LogP contribution in [0.2, 0.25) is 0 Å². The summed E-state index contributed by atoms with van der Waals surface area (Å²) in [6, 6.07) is 4.84. The average molecular weight is 261 g/mol. The molecule has 0 radical (unpaired) electrons. The lowest BCUT2D eigenvalue weighted by atomic mass is 10.2. The van der Waals surface area contributed by atoms with Crippen LogP contribution in [0.5, 0.6) is 0 Å². The molecule has 0 fully saturated rings. The summed E-state index contributed by atoms with van der Waals surface area (Å²) in [5, 5.41) is 2.76. The largest absolute Gasteiger partial charge is 0.298 e. The average Bonchev–Trinajstić information content (AvgIpc) is 2.05. The van der Waals surface area contributed by atoms with Crippen LogP contribution in [0.3, 0.4) is 0 Å². The lowest BCUT2D eigenvalue weighted by Crippen LogP contribution is -1.84.